The second-order valence-corrected chi connectivity index (χ2v) is 7.72. The van der Waals surface area contributed by atoms with Crippen LogP contribution in [0.1, 0.15) is 17.0 Å². The van der Waals surface area contributed by atoms with Crippen LogP contribution < -0.4 is 0 Å². The van der Waals surface area contributed by atoms with Gasteiger partial charge in [0, 0.05) is 24.3 Å². The Kier molecular flexibility index (Phi) is 4.36. The lowest BCUT2D eigenvalue weighted by Gasteiger charge is -2.06. The summed E-state index contributed by atoms with van der Waals surface area (Å²) in [6.07, 6.45) is 6.71. The van der Waals surface area contributed by atoms with Crippen LogP contribution in [0.5, 0.6) is 0 Å². The summed E-state index contributed by atoms with van der Waals surface area (Å²) in [5.74, 6) is 0. The van der Waals surface area contributed by atoms with E-state index in [0.29, 0.717) is 11.3 Å². The molecule has 3 rings (SSSR count). The van der Waals surface area contributed by atoms with Gasteiger partial charge >= 0.3 is 0 Å². The highest BCUT2D eigenvalue weighted by atomic mass is 32.2. The van der Waals surface area contributed by atoms with Gasteiger partial charge in [-0.25, -0.2) is 8.42 Å². The molecule has 2 heterocycles. The van der Waals surface area contributed by atoms with Gasteiger partial charge in [-0.2, -0.15) is 5.26 Å². The second-order valence-electron chi connectivity index (χ2n) is 5.70. The average Bonchev–Trinajstić information content (AvgIpc) is 2.97. The van der Waals surface area contributed by atoms with Crippen molar-refractivity contribution in [3.05, 3.63) is 65.7 Å². The van der Waals surface area contributed by atoms with Crippen molar-refractivity contribution in [2.45, 2.75) is 24.2 Å². The van der Waals surface area contributed by atoms with Crippen LogP contribution in [-0.4, -0.2) is 24.1 Å². The van der Waals surface area contributed by atoms with Gasteiger partial charge in [0.25, 0.3) is 0 Å². The molecule has 122 valence electrons. The molecule has 0 aliphatic rings. The molecule has 0 fully saturated rings. The monoisotopic (exact) mass is 339 g/mol. The molecule has 1 aromatic carbocycles. The van der Waals surface area contributed by atoms with Crippen LogP contribution in [0.3, 0.4) is 0 Å². The van der Waals surface area contributed by atoms with E-state index in [-0.39, 0.29) is 0 Å². The third kappa shape index (κ3) is 3.31. The molecule has 5 nitrogen and oxygen atoms in total. The van der Waals surface area contributed by atoms with Crippen molar-refractivity contribution in [2.24, 2.45) is 0 Å². The van der Waals surface area contributed by atoms with Crippen molar-refractivity contribution >= 4 is 15.4 Å². The number of aryl methyl sites for hydroxylation is 2. The van der Waals surface area contributed by atoms with Gasteiger partial charge in [0.15, 0.2) is 9.84 Å². The average molecular weight is 339 g/mol. The zero-order chi connectivity index (χ0) is 17.2. The molecule has 0 aliphatic heterocycles. The van der Waals surface area contributed by atoms with Gasteiger partial charge in [-0.05, 0) is 42.7 Å². The summed E-state index contributed by atoms with van der Waals surface area (Å²) in [7, 11) is -3.16. The Hall–Kier alpha value is -2.65. The molecule has 24 heavy (non-hydrogen) atoms. The molecule has 0 saturated carbocycles. The first-order chi connectivity index (χ1) is 11.5. The second kappa shape index (κ2) is 6.46. The van der Waals surface area contributed by atoms with Crippen LogP contribution in [-0.2, 0) is 29.1 Å². The molecule has 0 N–H and O–H groups in total. The van der Waals surface area contributed by atoms with Crippen LogP contribution in [0.4, 0.5) is 0 Å². The first-order valence-corrected chi connectivity index (χ1v) is 9.48. The zero-order valence-corrected chi connectivity index (χ0v) is 14.1. The maximum Gasteiger partial charge on any atom is 0.175 e. The molecule has 0 radical (unpaired) electrons. The van der Waals surface area contributed by atoms with E-state index in [0.717, 1.165) is 35.3 Å². The minimum absolute atomic E-state index is 0.333. The van der Waals surface area contributed by atoms with Crippen molar-refractivity contribution < 1.29 is 8.42 Å². The number of nitriles is 1. The number of nitrogens with zero attached hydrogens (tertiary/aromatic N) is 3. The topological polar surface area (TPSA) is 75.2 Å². The smallest absolute Gasteiger partial charge is 0.175 e. The lowest BCUT2D eigenvalue weighted by Crippen LogP contribution is -2.01. The molecular formula is C18H17N3O2S. The molecule has 0 saturated heterocycles. The van der Waals surface area contributed by atoms with Gasteiger partial charge in [0.2, 0.25) is 0 Å². The Morgan fingerprint density at radius 3 is 2.54 bits per heavy atom. The zero-order valence-electron chi connectivity index (χ0n) is 13.3. The number of aromatic nitrogens is 2. The molecule has 0 atom stereocenters. The standard InChI is InChI=1S/C18H17N3O2S/c1-24(22,23)16-6-2-14(3-7-16)4-8-17-18-9-5-15(10-11-19)21(18)13-12-20-17/h2-3,5-7,9,12-13H,4,8,10H2,1H3. The quantitative estimate of drug-likeness (QED) is 0.716. The fourth-order valence-electron chi connectivity index (χ4n) is 2.74. The maximum absolute atomic E-state index is 11.5. The maximum atomic E-state index is 11.5. The van der Waals surface area contributed by atoms with Gasteiger partial charge in [0.1, 0.15) is 0 Å². The Bertz CT molecular complexity index is 1010. The predicted octanol–water partition coefficient (Wildman–Crippen LogP) is 2.59. The lowest BCUT2D eigenvalue weighted by atomic mass is 10.1. The van der Waals surface area contributed by atoms with Crippen molar-refractivity contribution in [3.63, 3.8) is 0 Å². The summed E-state index contributed by atoms with van der Waals surface area (Å²) in [5.41, 5.74) is 3.99. The summed E-state index contributed by atoms with van der Waals surface area (Å²) in [5, 5.41) is 8.88. The fourth-order valence-corrected chi connectivity index (χ4v) is 3.37. The Morgan fingerprint density at radius 1 is 1.12 bits per heavy atom. The van der Waals surface area contributed by atoms with Crippen LogP contribution in [0, 0.1) is 11.3 Å². The SMILES string of the molecule is CS(=O)(=O)c1ccc(CCc2nccn3c(CC#N)ccc23)cc1. The highest BCUT2D eigenvalue weighted by Gasteiger charge is 2.09. The minimum Gasteiger partial charge on any atom is -0.317 e. The van der Waals surface area contributed by atoms with Gasteiger partial charge < -0.3 is 4.40 Å². The molecule has 0 bridgehead atoms. The van der Waals surface area contributed by atoms with E-state index in [2.05, 4.69) is 11.1 Å². The Balaban J connectivity index is 1.80. The number of sulfone groups is 1. The van der Waals surface area contributed by atoms with E-state index in [4.69, 9.17) is 5.26 Å². The third-order valence-electron chi connectivity index (χ3n) is 4.01. The molecule has 0 amide bonds. The van der Waals surface area contributed by atoms with E-state index >= 15 is 0 Å². The van der Waals surface area contributed by atoms with Crippen molar-refractivity contribution in [1.82, 2.24) is 9.38 Å². The molecule has 3 aromatic rings. The normalized spacial score (nSPS) is 11.5. The van der Waals surface area contributed by atoms with Crippen molar-refractivity contribution in [3.8, 4) is 6.07 Å². The number of fused-ring (bicyclic) bond motifs is 1. The molecule has 0 spiro atoms. The Morgan fingerprint density at radius 2 is 1.88 bits per heavy atom. The van der Waals surface area contributed by atoms with E-state index < -0.39 is 9.84 Å². The summed E-state index contributed by atoms with van der Waals surface area (Å²) in [4.78, 5) is 4.79. The van der Waals surface area contributed by atoms with Gasteiger partial charge in [0.05, 0.1) is 28.6 Å². The Labute approximate surface area is 141 Å². The number of rotatable bonds is 5. The molecular weight excluding hydrogens is 322 g/mol. The van der Waals surface area contributed by atoms with Gasteiger partial charge in [-0.15, -0.1) is 0 Å². The van der Waals surface area contributed by atoms with E-state index in [1.54, 1.807) is 18.3 Å². The summed E-state index contributed by atoms with van der Waals surface area (Å²) in [6, 6.07) is 13.1. The van der Waals surface area contributed by atoms with Crippen LogP contribution >= 0.6 is 0 Å². The summed E-state index contributed by atoms with van der Waals surface area (Å²) >= 11 is 0. The largest absolute Gasteiger partial charge is 0.317 e. The van der Waals surface area contributed by atoms with Crippen LogP contribution in [0.25, 0.3) is 5.52 Å². The van der Waals surface area contributed by atoms with Crippen LogP contribution in [0.2, 0.25) is 0 Å². The van der Waals surface area contributed by atoms with Crippen LogP contribution in [0.15, 0.2) is 53.7 Å². The van der Waals surface area contributed by atoms with Gasteiger partial charge in [-0.1, -0.05) is 12.1 Å². The highest BCUT2D eigenvalue weighted by molar-refractivity contribution is 7.90. The highest BCUT2D eigenvalue weighted by Crippen LogP contribution is 2.17. The predicted molar refractivity (Wildman–Crippen MR) is 91.5 cm³/mol. The van der Waals surface area contributed by atoms with E-state index in [1.165, 1.54) is 6.26 Å². The molecule has 6 heteroatoms. The summed E-state index contributed by atoms with van der Waals surface area (Å²) < 4.78 is 25.0. The molecule has 2 aromatic heterocycles. The number of benzene rings is 1. The number of hydrogen-bond acceptors (Lipinski definition) is 4. The summed E-state index contributed by atoms with van der Waals surface area (Å²) in [6.45, 7) is 0. The van der Waals surface area contributed by atoms with E-state index in [1.807, 2.05) is 34.9 Å². The third-order valence-corrected chi connectivity index (χ3v) is 5.13. The fraction of sp³-hybridized carbons (Fsp3) is 0.222. The lowest BCUT2D eigenvalue weighted by molar-refractivity contribution is 0.602. The molecule has 0 aliphatic carbocycles. The van der Waals surface area contributed by atoms with Crippen molar-refractivity contribution in [1.29, 1.82) is 5.26 Å². The van der Waals surface area contributed by atoms with E-state index in [9.17, 15) is 8.42 Å². The van der Waals surface area contributed by atoms with Gasteiger partial charge in [-0.3, -0.25) is 4.98 Å². The first kappa shape index (κ1) is 16.2. The number of hydrogen-bond donors (Lipinski definition) is 0. The van der Waals surface area contributed by atoms with Crippen molar-refractivity contribution in [2.75, 3.05) is 6.26 Å². The minimum atomic E-state index is -3.16. The first-order valence-electron chi connectivity index (χ1n) is 7.59. The molecule has 0 unspecified atom stereocenters.